The largest absolute Gasteiger partial charge is 0.481 e. The van der Waals surface area contributed by atoms with Crippen molar-refractivity contribution in [3.63, 3.8) is 0 Å². The zero-order valence-corrected chi connectivity index (χ0v) is 20.8. The smallest absolute Gasteiger partial charge is 0.307 e. The van der Waals surface area contributed by atoms with Crippen LogP contribution in [0.2, 0.25) is 0 Å². The zero-order valence-electron chi connectivity index (χ0n) is 20.8. The van der Waals surface area contributed by atoms with Crippen molar-refractivity contribution in [2.45, 2.75) is 89.8 Å². The van der Waals surface area contributed by atoms with E-state index in [1.165, 1.54) is 0 Å². The van der Waals surface area contributed by atoms with Gasteiger partial charge in [0.25, 0.3) is 0 Å². The Morgan fingerprint density at radius 1 is 0.833 bits per heavy atom. The molecule has 2 rings (SSSR count). The van der Waals surface area contributed by atoms with E-state index in [4.69, 9.17) is 10.8 Å². The highest BCUT2D eigenvalue weighted by Gasteiger charge is 2.49. The Bertz CT molecular complexity index is 855. The van der Waals surface area contributed by atoms with Crippen molar-refractivity contribution in [3.05, 3.63) is 0 Å². The SMILES string of the molecule is CC(C)C[C@H](NC(=O)[C@H](CC(=O)O)NC(=O)[C@H](CC1CCCCC1)NC(=O)[C@H]1C[C@@H]1C(=O)O)C(N)=O. The molecule has 2 fully saturated rings. The third kappa shape index (κ3) is 9.12. The van der Waals surface area contributed by atoms with Crippen LogP contribution in [0.3, 0.4) is 0 Å². The summed E-state index contributed by atoms with van der Waals surface area (Å²) in [6.07, 6.45) is 4.79. The second-order valence-corrected chi connectivity index (χ2v) is 10.3. The molecule has 202 valence electrons. The predicted octanol–water partition coefficient (Wildman–Crippen LogP) is 0.138. The van der Waals surface area contributed by atoms with Gasteiger partial charge in [-0.3, -0.25) is 28.8 Å². The number of hydrogen-bond acceptors (Lipinski definition) is 6. The van der Waals surface area contributed by atoms with Gasteiger partial charge < -0.3 is 31.9 Å². The van der Waals surface area contributed by atoms with E-state index >= 15 is 0 Å². The summed E-state index contributed by atoms with van der Waals surface area (Å²) < 4.78 is 0. The normalized spacial score (nSPS) is 22.1. The summed E-state index contributed by atoms with van der Waals surface area (Å²) in [5.41, 5.74) is 5.36. The number of aliphatic carboxylic acids is 2. The number of nitrogens with two attached hydrogens (primary N) is 1. The minimum atomic E-state index is -1.50. The first kappa shape index (κ1) is 29.1. The fourth-order valence-corrected chi connectivity index (χ4v) is 4.67. The first-order valence-corrected chi connectivity index (χ1v) is 12.5. The van der Waals surface area contributed by atoms with Gasteiger partial charge in [0.2, 0.25) is 23.6 Å². The molecule has 0 heterocycles. The van der Waals surface area contributed by atoms with Gasteiger partial charge in [0.1, 0.15) is 18.1 Å². The van der Waals surface area contributed by atoms with Crippen LogP contribution in [0, 0.1) is 23.7 Å². The first-order chi connectivity index (χ1) is 16.9. The number of rotatable bonds is 14. The standard InChI is InChI=1S/C24H38N4O8/c1-12(2)8-16(20(25)31)26-23(34)18(11-19(29)30)28-22(33)17(9-13-6-4-3-5-7-13)27-21(32)14-10-15(14)24(35)36/h12-18H,3-11H2,1-2H3,(H2,25,31)(H,26,34)(H,27,32)(H,28,33)(H,29,30)(H,35,36)/t14-,15-,16-,17-,18-/m0/s1. The van der Waals surface area contributed by atoms with Crippen LogP contribution in [0.5, 0.6) is 0 Å². The van der Waals surface area contributed by atoms with Crippen LogP contribution in [0.25, 0.3) is 0 Å². The summed E-state index contributed by atoms with van der Waals surface area (Å²) in [6.45, 7) is 3.65. The summed E-state index contributed by atoms with van der Waals surface area (Å²) in [5.74, 6) is -6.70. The van der Waals surface area contributed by atoms with Gasteiger partial charge in [-0.2, -0.15) is 0 Å². The average molecular weight is 511 g/mol. The summed E-state index contributed by atoms with van der Waals surface area (Å²) in [7, 11) is 0. The van der Waals surface area contributed by atoms with Crippen molar-refractivity contribution in [1.29, 1.82) is 0 Å². The van der Waals surface area contributed by atoms with Gasteiger partial charge in [-0.25, -0.2) is 0 Å². The van der Waals surface area contributed by atoms with Gasteiger partial charge in [-0.05, 0) is 31.1 Å². The van der Waals surface area contributed by atoms with Gasteiger partial charge in [0, 0.05) is 0 Å². The van der Waals surface area contributed by atoms with Crippen LogP contribution in [-0.2, 0) is 28.8 Å². The first-order valence-electron chi connectivity index (χ1n) is 12.5. The number of hydrogen-bond donors (Lipinski definition) is 6. The fourth-order valence-electron chi connectivity index (χ4n) is 4.67. The molecule has 0 aromatic rings. The molecule has 0 radical (unpaired) electrons. The summed E-state index contributed by atoms with van der Waals surface area (Å²) in [4.78, 5) is 72.9. The van der Waals surface area contributed by atoms with Gasteiger partial charge in [-0.1, -0.05) is 46.0 Å². The minimum Gasteiger partial charge on any atom is -0.481 e. The lowest BCUT2D eigenvalue weighted by atomic mass is 9.84. The van der Waals surface area contributed by atoms with E-state index < -0.39 is 71.9 Å². The van der Waals surface area contributed by atoms with Crippen molar-refractivity contribution in [1.82, 2.24) is 16.0 Å². The third-order valence-corrected chi connectivity index (χ3v) is 6.75. The lowest BCUT2D eigenvalue weighted by Gasteiger charge is -2.28. The van der Waals surface area contributed by atoms with Crippen molar-refractivity contribution in [2.75, 3.05) is 0 Å². The van der Waals surface area contributed by atoms with Crippen LogP contribution in [-0.4, -0.2) is 63.9 Å². The maximum atomic E-state index is 13.2. The molecular weight excluding hydrogens is 472 g/mol. The molecule has 36 heavy (non-hydrogen) atoms. The van der Waals surface area contributed by atoms with Crippen molar-refractivity contribution < 1.29 is 39.0 Å². The topological polar surface area (TPSA) is 205 Å². The lowest BCUT2D eigenvalue weighted by molar-refractivity contribution is -0.141. The molecule has 0 aliphatic heterocycles. The Balaban J connectivity index is 2.14. The number of nitrogens with one attached hydrogen (secondary N) is 3. The molecule has 2 aliphatic carbocycles. The van der Waals surface area contributed by atoms with Crippen LogP contribution >= 0.6 is 0 Å². The molecule has 2 aliphatic rings. The van der Waals surface area contributed by atoms with Gasteiger partial charge in [0.15, 0.2) is 0 Å². The molecule has 0 spiro atoms. The Labute approximate surface area is 210 Å². The van der Waals surface area contributed by atoms with E-state index in [1.54, 1.807) is 0 Å². The third-order valence-electron chi connectivity index (χ3n) is 6.75. The molecule has 0 unspecified atom stereocenters. The summed E-state index contributed by atoms with van der Waals surface area (Å²) in [6, 6.07) is -3.59. The Morgan fingerprint density at radius 2 is 1.42 bits per heavy atom. The number of carboxylic acid groups (broad SMARTS) is 2. The number of carbonyl (C=O) groups excluding carboxylic acids is 4. The molecule has 5 atom stereocenters. The number of carboxylic acids is 2. The highest BCUT2D eigenvalue weighted by molar-refractivity contribution is 5.96. The molecule has 0 bridgehead atoms. The highest BCUT2D eigenvalue weighted by atomic mass is 16.4. The number of primary amides is 1. The zero-order chi connectivity index (χ0) is 27.0. The van der Waals surface area contributed by atoms with Crippen LogP contribution < -0.4 is 21.7 Å². The minimum absolute atomic E-state index is 0.0162. The molecule has 0 saturated heterocycles. The molecule has 12 nitrogen and oxygen atoms in total. The van der Waals surface area contributed by atoms with Crippen LogP contribution in [0.1, 0.15) is 71.6 Å². The van der Waals surface area contributed by atoms with E-state index in [0.717, 1.165) is 32.1 Å². The maximum Gasteiger partial charge on any atom is 0.307 e. The van der Waals surface area contributed by atoms with E-state index in [1.807, 2.05) is 13.8 Å². The average Bonchev–Trinajstić information content (AvgIpc) is 3.59. The van der Waals surface area contributed by atoms with Crippen molar-refractivity contribution >= 4 is 35.6 Å². The molecular formula is C24H38N4O8. The molecule has 0 aromatic carbocycles. The van der Waals surface area contributed by atoms with Crippen molar-refractivity contribution in [2.24, 2.45) is 29.4 Å². The highest BCUT2D eigenvalue weighted by Crippen LogP contribution is 2.39. The van der Waals surface area contributed by atoms with E-state index in [9.17, 15) is 33.9 Å². The Kier molecular flexibility index (Phi) is 10.7. The Morgan fingerprint density at radius 3 is 1.92 bits per heavy atom. The summed E-state index contributed by atoms with van der Waals surface area (Å²) >= 11 is 0. The van der Waals surface area contributed by atoms with Crippen LogP contribution in [0.15, 0.2) is 0 Å². The van der Waals surface area contributed by atoms with E-state index in [2.05, 4.69) is 16.0 Å². The van der Waals surface area contributed by atoms with Crippen LogP contribution in [0.4, 0.5) is 0 Å². The second-order valence-electron chi connectivity index (χ2n) is 10.3. The molecule has 2 saturated carbocycles. The molecule has 12 heteroatoms. The molecule has 7 N–H and O–H groups in total. The lowest BCUT2D eigenvalue weighted by Crippen LogP contribution is -2.57. The number of amides is 4. The van der Waals surface area contributed by atoms with Gasteiger partial charge in [-0.15, -0.1) is 0 Å². The quantitative estimate of drug-likeness (QED) is 0.189. The van der Waals surface area contributed by atoms with Crippen molar-refractivity contribution in [3.8, 4) is 0 Å². The maximum absolute atomic E-state index is 13.2. The van der Waals surface area contributed by atoms with E-state index in [-0.39, 0.29) is 24.7 Å². The van der Waals surface area contributed by atoms with Gasteiger partial charge >= 0.3 is 11.9 Å². The summed E-state index contributed by atoms with van der Waals surface area (Å²) in [5, 5.41) is 25.9. The second kappa shape index (κ2) is 13.2. The fraction of sp³-hybridized carbons (Fsp3) is 0.750. The Hall–Kier alpha value is -3.18. The monoisotopic (exact) mass is 510 g/mol. The van der Waals surface area contributed by atoms with E-state index in [0.29, 0.717) is 6.42 Å². The molecule has 4 amide bonds. The predicted molar refractivity (Wildman–Crippen MR) is 127 cm³/mol. The van der Waals surface area contributed by atoms with Gasteiger partial charge in [0.05, 0.1) is 18.3 Å². The molecule has 0 aromatic heterocycles. The number of carbonyl (C=O) groups is 6.